The highest BCUT2D eigenvalue weighted by Gasteiger charge is 2.11. The standard InChI is InChI=1S/C15H15Cl2NO/c1-10(18)9-13-14(17)3-2-4-15(13)19-12-7-5-11(16)6-8-12/h2-8,10H,9,18H2,1H3. The molecule has 0 fully saturated rings. The molecule has 0 aliphatic carbocycles. The number of rotatable bonds is 4. The van der Waals surface area contributed by atoms with Crippen LogP contribution >= 0.6 is 23.2 Å². The van der Waals surface area contributed by atoms with Crippen molar-refractivity contribution in [3.8, 4) is 11.5 Å². The minimum absolute atomic E-state index is 0.0208. The molecule has 2 aromatic rings. The van der Waals surface area contributed by atoms with Crippen LogP contribution in [0.25, 0.3) is 0 Å². The summed E-state index contributed by atoms with van der Waals surface area (Å²) in [4.78, 5) is 0. The van der Waals surface area contributed by atoms with E-state index in [1.54, 1.807) is 12.1 Å². The molecule has 0 amide bonds. The molecule has 1 atom stereocenters. The first-order valence-electron chi connectivity index (χ1n) is 6.02. The number of ether oxygens (including phenoxy) is 1. The molecule has 0 heterocycles. The van der Waals surface area contributed by atoms with E-state index in [0.717, 1.165) is 17.1 Å². The number of halogens is 2. The lowest BCUT2D eigenvalue weighted by atomic mass is 10.1. The Hall–Kier alpha value is -1.22. The Kier molecular flexibility index (Phi) is 4.70. The van der Waals surface area contributed by atoms with Crippen LogP contribution < -0.4 is 10.5 Å². The molecule has 100 valence electrons. The summed E-state index contributed by atoms with van der Waals surface area (Å²) in [6, 6.07) is 12.8. The van der Waals surface area contributed by atoms with Gasteiger partial charge in [-0.2, -0.15) is 0 Å². The van der Waals surface area contributed by atoms with Crippen molar-refractivity contribution in [3.05, 3.63) is 58.1 Å². The molecule has 0 radical (unpaired) electrons. The molecule has 0 spiro atoms. The van der Waals surface area contributed by atoms with E-state index in [1.807, 2.05) is 37.3 Å². The van der Waals surface area contributed by atoms with Gasteiger partial charge in [0, 0.05) is 21.7 Å². The normalized spacial score (nSPS) is 12.2. The van der Waals surface area contributed by atoms with Gasteiger partial charge in [-0.25, -0.2) is 0 Å². The Balaban J connectivity index is 2.29. The average Bonchev–Trinajstić information content (AvgIpc) is 2.36. The third-order valence-corrected chi connectivity index (χ3v) is 3.25. The largest absolute Gasteiger partial charge is 0.457 e. The third-order valence-electron chi connectivity index (χ3n) is 2.64. The second-order valence-electron chi connectivity index (χ2n) is 4.45. The van der Waals surface area contributed by atoms with E-state index >= 15 is 0 Å². The number of nitrogens with two attached hydrogens (primary N) is 1. The van der Waals surface area contributed by atoms with Crippen molar-refractivity contribution in [1.82, 2.24) is 0 Å². The fraction of sp³-hybridized carbons (Fsp3) is 0.200. The van der Waals surface area contributed by atoms with Gasteiger partial charge in [-0.1, -0.05) is 29.3 Å². The highest BCUT2D eigenvalue weighted by molar-refractivity contribution is 6.31. The Labute approximate surface area is 123 Å². The summed E-state index contributed by atoms with van der Waals surface area (Å²) < 4.78 is 5.85. The first kappa shape index (κ1) is 14.2. The minimum Gasteiger partial charge on any atom is -0.457 e. The first-order chi connectivity index (χ1) is 9.06. The molecular formula is C15H15Cl2NO. The number of benzene rings is 2. The van der Waals surface area contributed by atoms with Gasteiger partial charge >= 0.3 is 0 Å². The molecule has 0 saturated heterocycles. The van der Waals surface area contributed by atoms with Crippen LogP contribution in [-0.4, -0.2) is 6.04 Å². The van der Waals surface area contributed by atoms with Crippen molar-refractivity contribution in [3.63, 3.8) is 0 Å². The molecule has 2 N–H and O–H groups in total. The highest BCUT2D eigenvalue weighted by Crippen LogP contribution is 2.31. The van der Waals surface area contributed by atoms with Gasteiger partial charge in [-0.05, 0) is 49.7 Å². The van der Waals surface area contributed by atoms with Gasteiger partial charge < -0.3 is 10.5 Å². The van der Waals surface area contributed by atoms with Gasteiger partial charge in [0.1, 0.15) is 11.5 Å². The van der Waals surface area contributed by atoms with E-state index in [2.05, 4.69) is 0 Å². The maximum Gasteiger partial charge on any atom is 0.132 e. The van der Waals surface area contributed by atoms with Crippen LogP contribution in [0.15, 0.2) is 42.5 Å². The number of hydrogen-bond acceptors (Lipinski definition) is 2. The maximum atomic E-state index is 6.21. The Morgan fingerprint density at radius 2 is 1.79 bits per heavy atom. The fourth-order valence-corrected chi connectivity index (χ4v) is 2.15. The monoisotopic (exact) mass is 295 g/mol. The second-order valence-corrected chi connectivity index (χ2v) is 5.30. The smallest absolute Gasteiger partial charge is 0.132 e. The fourth-order valence-electron chi connectivity index (χ4n) is 1.78. The summed E-state index contributed by atoms with van der Waals surface area (Å²) in [5.74, 6) is 1.45. The van der Waals surface area contributed by atoms with E-state index in [9.17, 15) is 0 Å². The predicted octanol–water partition coefficient (Wildman–Crippen LogP) is 4.68. The molecule has 2 rings (SSSR count). The molecule has 1 unspecified atom stereocenters. The Morgan fingerprint density at radius 3 is 2.42 bits per heavy atom. The molecule has 2 aromatic carbocycles. The molecule has 2 nitrogen and oxygen atoms in total. The lowest BCUT2D eigenvalue weighted by Crippen LogP contribution is -2.18. The van der Waals surface area contributed by atoms with Crippen LogP contribution in [0.1, 0.15) is 12.5 Å². The SMILES string of the molecule is CC(N)Cc1c(Cl)cccc1Oc1ccc(Cl)cc1. The molecule has 0 saturated carbocycles. The van der Waals surface area contributed by atoms with Crippen LogP contribution in [0.5, 0.6) is 11.5 Å². The van der Waals surface area contributed by atoms with Crippen molar-refractivity contribution in [2.24, 2.45) is 5.73 Å². The van der Waals surface area contributed by atoms with Crippen molar-refractivity contribution >= 4 is 23.2 Å². The molecule has 4 heteroatoms. The topological polar surface area (TPSA) is 35.2 Å². The summed E-state index contributed by atoms with van der Waals surface area (Å²) in [6.45, 7) is 1.94. The van der Waals surface area contributed by atoms with E-state index in [1.165, 1.54) is 0 Å². The lowest BCUT2D eigenvalue weighted by Gasteiger charge is -2.14. The summed E-state index contributed by atoms with van der Waals surface area (Å²) >= 11 is 12.1. The zero-order chi connectivity index (χ0) is 13.8. The van der Waals surface area contributed by atoms with Crippen molar-refractivity contribution < 1.29 is 4.74 Å². The van der Waals surface area contributed by atoms with E-state index in [-0.39, 0.29) is 6.04 Å². The van der Waals surface area contributed by atoms with Crippen molar-refractivity contribution in [1.29, 1.82) is 0 Å². The first-order valence-corrected chi connectivity index (χ1v) is 6.78. The molecular weight excluding hydrogens is 281 g/mol. The van der Waals surface area contributed by atoms with Gasteiger partial charge in [-0.15, -0.1) is 0 Å². The van der Waals surface area contributed by atoms with Gasteiger partial charge in [0.15, 0.2) is 0 Å². The van der Waals surface area contributed by atoms with E-state index in [0.29, 0.717) is 16.5 Å². The lowest BCUT2D eigenvalue weighted by molar-refractivity contribution is 0.474. The average molecular weight is 296 g/mol. The maximum absolute atomic E-state index is 6.21. The molecule has 0 bridgehead atoms. The minimum atomic E-state index is 0.0208. The van der Waals surface area contributed by atoms with Gasteiger partial charge in [0.2, 0.25) is 0 Å². The zero-order valence-corrected chi connectivity index (χ0v) is 12.1. The predicted molar refractivity (Wildman–Crippen MR) is 80.3 cm³/mol. The summed E-state index contributed by atoms with van der Waals surface area (Å²) in [5.41, 5.74) is 6.77. The second kappa shape index (κ2) is 6.29. The van der Waals surface area contributed by atoms with Crippen LogP contribution in [0.3, 0.4) is 0 Å². The zero-order valence-electron chi connectivity index (χ0n) is 10.6. The third kappa shape index (κ3) is 3.87. The van der Waals surface area contributed by atoms with Gasteiger partial charge in [0.25, 0.3) is 0 Å². The van der Waals surface area contributed by atoms with Crippen LogP contribution in [0.2, 0.25) is 10.0 Å². The molecule has 19 heavy (non-hydrogen) atoms. The molecule has 0 aliphatic rings. The summed E-state index contributed by atoms with van der Waals surface area (Å²) in [6.07, 6.45) is 0.669. The van der Waals surface area contributed by atoms with Crippen molar-refractivity contribution in [2.75, 3.05) is 0 Å². The van der Waals surface area contributed by atoms with E-state index < -0.39 is 0 Å². The summed E-state index contributed by atoms with van der Waals surface area (Å²) in [5, 5.41) is 1.35. The Morgan fingerprint density at radius 1 is 1.11 bits per heavy atom. The molecule has 0 aromatic heterocycles. The highest BCUT2D eigenvalue weighted by atomic mass is 35.5. The van der Waals surface area contributed by atoms with Crippen LogP contribution in [0, 0.1) is 0 Å². The Bertz CT molecular complexity index is 553. The summed E-state index contributed by atoms with van der Waals surface area (Å²) in [7, 11) is 0. The van der Waals surface area contributed by atoms with Crippen molar-refractivity contribution in [2.45, 2.75) is 19.4 Å². The number of hydrogen-bond donors (Lipinski definition) is 1. The quantitative estimate of drug-likeness (QED) is 0.889. The molecule has 0 aliphatic heterocycles. The van der Waals surface area contributed by atoms with E-state index in [4.69, 9.17) is 33.7 Å². The van der Waals surface area contributed by atoms with Gasteiger partial charge in [-0.3, -0.25) is 0 Å². The van der Waals surface area contributed by atoms with Crippen LogP contribution in [-0.2, 0) is 6.42 Å². The van der Waals surface area contributed by atoms with Crippen LogP contribution in [0.4, 0.5) is 0 Å². The van der Waals surface area contributed by atoms with Gasteiger partial charge in [0.05, 0.1) is 0 Å².